The Balaban J connectivity index is 1.47. The predicted octanol–water partition coefficient (Wildman–Crippen LogP) is 3.35. The van der Waals surface area contributed by atoms with Gasteiger partial charge in [0.2, 0.25) is 41.4 Å². The first-order valence-corrected chi connectivity index (χ1v) is 35.7. The van der Waals surface area contributed by atoms with Crippen molar-refractivity contribution >= 4 is 81.1 Å². The molecule has 1 fully saturated rings. The highest BCUT2D eigenvalue weighted by Gasteiger charge is 2.44. The van der Waals surface area contributed by atoms with Gasteiger partial charge in [-0.2, -0.15) is 8.42 Å². The summed E-state index contributed by atoms with van der Waals surface area (Å²) in [6, 6.07) is 5.82. The van der Waals surface area contributed by atoms with Crippen LogP contribution in [0.25, 0.3) is 0 Å². The molecule has 0 unspecified atom stereocenters. The summed E-state index contributed by atoms with van der Waals surface area (Å²) in [6.07, 6.45) is 0.0124. The summed E-state index contributed by atoms with van der Waals surface area (Å²) in [5.74, 6) is -8.10. The summed E-state index contributed by atoms with van der Waals surface area (Å²) in [5, 5.41) is 27.2. The number of urea groups is 1. The topological polar surface area (TPSA) is 410 Å². The molecular formula is C69H107N11O19S. The third-order valence-corrected chi connectivity index (χ3v) is 19.0. The molecule has 30 nitrogen and oxygen atoms in total. The lowest BCUT2D eigenvalue weighted by Gasteiger charge is -2.41. The molecular weight excluding hydrogens is 1320 g/mol. The number of anilines is 1. The van der Waals surface area contributed by atoms with Gasteiger partial charge in [-0.1, -0.05) is 105 Å². The van der Waals surface area contributed by atoms with Crippen molar-refractivity contribution in [3.8, 4) is 0 Å². The Kier molecular flexibility index (Phi) is 34.0. The van der Waals surface area contributed by atoms with E-state index in [0.29, 0.717) is 31.4 Å². The molecule has 2 aromatic carbocycles. The molecule has 100 heavy (non-hydrogen) atoms. The summed E-state index contributed by atoms with van der Waals surface area (Å²) in [4.78, 5) is 153. The number of primary amides is 1. The van der Waals surface area contributed by atoms with E-state index in [2.05, 4.69) is 31.9 Å². The number of imide groups is 1. The second kappa shape index (κ2) is 40.4. The first-order valence-electron chi connectivity index (χ1n) is 34.0. The Labute approximate surface area is 587 Å². The molecule has 0 radical (unpaired) electrons. The zero-order valence-electron chi connectivity index (χ0n) is 60.1. The van der Waals surface area contributed by atoms with Gasteiger partial charge in [0.1, 0.15) is 30.8 Å². The number of benzene rings is 2. The number of nitrogens with zero attached hydrogens (tertiary/aromatic N) is 4. The summed E-state index contributed by atoms with van der Waals surface area (Å²) in [7, 11) is 1.33. The highest BCUT2D eigenvalue weighted by atomic mass is 32.2. The van der Waals surface area contributed by atoms with Crippen molar-refractivity contribution in [2.75, 3.05) is 72.2 Å². The SMILES string of the molecule is CC[C@H](C)[C@@H]([C@@H](CC(=O)N1CCC[C@H]1[C@H](OC)[C@@H](C)C(=O)N[C@H](C)[C@@H](O)c1ccccc1)OC)N(C)C(=O)[C@@H](NC(=O)[C@H](C(C)C)N(C)C(=O)OCc1ccc(NC(=O)[C@H](CCCNC(N)=O)NC(=O)[C@@H](NC(=O)CCOCCN2C(=O)C=CC2=O)C(C)C)cc1CCS(=O)(=O)O)C(C)C. The van der Waals surface area contributed by atoms with E-state index in [-0.39, 0.29) is 93.0 Å². The lowest BCUT2D eigenvalue weighted by Crippen LogP contribution is -2.60. The molecule has 12 atom stereocenters. The van der Waals surface area contributed by atoms with Crippen LogP contribution < -0.4 is 37.6 Å². The Bertz CT molecular complexity index is 3250. The van der Waals surface area contributed by atoms with Crippen molar-refractivity contribution in [1.82, 2.24) is 46.2 Å². The Morgan fingerprint density at radius 3 is 1.99 bits per heavy atom. The van der Waals surface area contributed by atoms with Crippen LogP contribution in [0, 0.1) is 29.6 Å². The minimum Gasteiger partial charge on any atom is -0.445 e. The van der Waals surface area contributed by atoms with Crippen LogP contribution in [0.3, 0.4) is 0 Å². The minimum atomic E-state index is -4.57. The zero-order chi connectivity index (χ0) is 74.9. The van der Waals surface area contributed by atoms with E-state index in [1.807, 2.05) is 19.9 Å². The molecule has 0 saturated carbocycles. The van der Waals surface area contributed by atoms with Crippen LogP contribution in [-0.2, 0) is 85.2 Å². The van der Waals surface area contributed by atoms with Gasteiger partial charge in [-0.05, 0) is 91.5 Å². The predicted molar refractivity (Wildman–Crippen MR) is 370 cm³/mol. The number of nitrogens with one attached hydrogen (secondary N) is 6. The third kappa shape index (κ3) is 25.2. The maximum absolute atomic E-state index is 14.9. The fourth-order valence-corrected chi connectivity index (χ4v) is 12.9. The van der Waals surface area contributed by atoms with Crippen molar-refractivity contribution < 1.29 is 89.8 Å². The molecule has 31 heteroatoms. The van der Waals surface area contributed by atoms with Crippen LogP contribution >= 0.6 is 0 Å². The van der Waals surface area contributed by atoms with Gasteiger partial charge in [-0.3, -0.25) is 57.5 Å². The van der Waals surface area contributed by atoms with E-state index in [1.54, 1.807) is 91.6 Å². The molecule has 0 spiro atoms. The summed E-state index contributed by atoms with van der Waals surface area (Å²) in [5.41, 5.74) is 6.43. The zero-order valence-corrected chi connectivity index (χ0v) is 61.0. The van der Waals surface area contributed by atoms with Gasteiger partial charge in [0, 0.05) is 65.7 Å². The van der Waals surface area contributed by atoms with Crippen molar-refractivity contribution in [2.24, 2.45) is 35.3 Å². The molecule has 0 aromatic heterocycles. The van der Waals surface area contributed by atoms with Crippen LogP contribution in [-0.4, -0.2) is 224 Å². The van der Waals surface area contributed by atoms with Gasteiger partial charge in [0.05, 0.1) is 74.3 Å². The number of hydrogen-bond acceptors (Lipinski definition) is 18. The second-order valence-corrected chi connectivity index (χ2v) is 28.2. The van der Waals surface area contributed by atoms with Gasteiger partial charge < -0.3 is 71.5 Å². The van der Waals surface area contributed by atoms with Gasteiger partial charge in [0.15, 0.2) is 0 Å². The van der Waals surface area contributed by atoms with Gasteiger partial charge in [0.25, 0.3) is 21.9 Å². The number of ether oxygens (including phenoxy) is 4. The third-order valence-electron chi connectivity index (χ3n) is 18.2. The fraction of sp³-hybridized carbons (Fsp3) is 0.638. The molecule has 0 bridgehead atoms. The van der Waals surface area contributed by atoms with E-state index >= 15 is 0 Å². The molecule has 0 aliphatic carbocycles. The average molecular weight is 1430 g/mol. The average Bonchev–Trinajstić information content (AvgIpc) is 1.22. The number of aliphatic hydroxyl groups excluding tert-OH is 1. The minimum absolute atomic E-state index is 0.0200. The lowest BCUT2D eigenvalue weighted by atomic mass is 9.89. The molecule has 12 amide bonds. The van der Waals surface area contributed by atoms with Gasteiger partial charge in [-0.15, -0.1) is 0 Å². The number of carbonyl (C=O) groups is 11. The van der Waals surface area contributed by atoms with Crippen LogP contribution in [0.5, 0.6) is 0 Å². The molecule has 2 heterocycles. The quantitative estimate of drug-likeness (QED) is 0.0262. The summed E-state index contributed by atoms with van der Waals surface area (Å²) >= 11 is 0. The van der Waals surface area contributed by atoms with E-state index < -0.39 is 160 Å². The van der Waals surface area contributed by atoms with Crippen molar-refractivity contribution in [3.05, 3.63) is 77.4 Å². The van der Waals surface area contributed by atoms with E-state index in [0.717, 1.165) is 22.0 Å². The summed E-state index contributed by atoms with van der Waals surface area (Å²) in [6.45, 7) is 17.3. The van der Waals surface area contributed by atoms with E-state index in [4.69, 9.17) is 24.7 Å². The fourth-order valence-electron chi connectivity index (χ4n) is 12.4. The molecule has 2 aliphatic heterocycles. The molecule has 558 valence electrons. The van der Waals surface area contributed by atoms with Crippen molar-refractivity contribution in [2.45, 2.75) is 188 Å². The second-order valence-electron chi connectivity index (χ2n) is 26.6. The van der Waals surface area contributed by atoms with E-state index in [1.165, 1.54) is 44.4 Å². The number of aryl methyl sites for hydroxylation is 1. The number of carbonyl (C=O) groups excluding carboxylic acids is 11. The first-order chi connectivity index (χ1) is 47.1. The highest BCUT2D eigenvalue weighted by molar-refractivity contribution is 7.85. The number of methoxy groups -OCH3 is 2. The maximum atomic E-state index is 14.9. The van der Waals surface area contributed by atoms with Gasteiger partial charge >= 0.3 is 12.1 Å². The number of likely N-dealkylation sites (tertiary alicyclic amines) is 1. The molecule has 1 saturated heterocycles. The van der Waals surface area contributed by atoms with Crippen molar-refractivity contribution in [1.29, 1.82) is 0 Å². The molecule has 2 aliphatic rings. The number of hydrogen-bond donors (Lipinski definition) is 9. The Morgan fingerprint density at radius 1 is 0.760 bits per heavy atom. The van der Waals surface area contributed by atoms with Crippen LogP contribution in [0.15, 0.2) is 60.7 Å². The van der Waals surface area contributed by atoms with Crippen LogP contribution in [0.4, 0.5) is 15.3 Å². The number of nitrogens with two attached hydrogens (primary N) is 1. The summed E-state index contributed by atoms with van der Waals surface area (Å²) < 4.78 is 57.3. The van der Waals surface area contributed by atoms with Crippen LogP contribution in [0.2, 0.25) is 0 Å². The number of likely N-dealkylation sites (N-methyl/N-ethyl adjacent to an activating group) is 2. The standard InChI is InChI=1S/C69H107N11O19S/c1-15-43(8)60(52(96-13)38-56(84)79-32-20-24-51(79)62(97-14)44(9)63(86)72-45(10)61(85)46-21-17-16-18-22-46)77(11)67(90)58(41(4)5)76-66(89)59(42(6)7)78(12)69(92)99-39-48-25-26-49(37-47(48)30-36-100(93,94)95)73-64(87)50(23-19-31-71-68(70)91)74-65(88)57(40(2)3)75-53(81)29-34-98-35-33-80-54(82)27-28-55(80)83/h16-18,21-22,25-28,37,40-45,50-52,57-62,85H,15,19-20,23-24,29-36,38-39H2,1-14H3,(H,72,86)(H,73,87)(H,74,88)(H,75,81)(H,76,89)(H3,70,71,91)(H,93,94,95)/t43-,44+,45+,50-,51-,52+,57-,58-,59-,60-,61+,62+/m0/s1. The number of rotatable bonds is 41. The first kappa shape index (κ1) is 84.3. The smallest absolute Gasteiger partial charge is 0.410 e. The van der Waals surface area contributed by atoms with E-state index in [9.17, 15) is 70.8 Å². The number of aliphatic hydroxyl groups is 1. The van der Waals surface area contributed by atoms with Gasteiger partial charge in [-0.25, -0.2) is 9.59 Å². The molecule has 2 aromatic rings. The Morgan fingerprint density at radius 2 is 1.41 bits per heavy atom. The lowest BCUT2D eigenvalue weighted by molar-refractivity contribution is -0.148. The molecule has 4 rings (SSSR count). The monoisotopic (exact) mass is 1430 g/mol. The normalized spacial score (nSPS) is 17.2. The van der Waals surface area contributed by atoms with Crippen LogP contribution in [0.1, 0.15) is 137 Å². The highest BCUT2D eigenvalue weighted by Crippen LogP contribution is 2.31. The van der Waals surface area contributed by atoms with Crippen molar-refractivity contribution in [3.63, 3.8) is 0 Å². The maximum Gasteiger partial charge on any atom is 0.410 e. The largest absolute Gasteiger partial charge is 0.445 e. The molecule has 10 N–H and O–H groups in total. The number of amides is 12. The Hall–Kier alpha value is -8.10.